The van der Waals surface area contributed by atoms with Crippen LogP contribution in [0.4, 0.5) is 5.69 Å². The van der Waals surface area contributed by atoms with E-state index < -0.39 is 0 Å². The molecule has 0 saturated carbocycles. The van der Waals surface area contributed by atoms with Crippen LogP contribution < -0.4 is 4.90 Å². The maximum absolute atomic E-state index is 12.8. The molecule has 2 saturated heterocycles. The first kappa shape index (κ1) is 14.8. The molecule has 2 aliphatic heterocycles. The van der Waals surface area contributed by atoms with Crippen molar-refractivity contribution in [1.29, 1.82) is 0 Å². The number of piperidine rings is 1. The van der Waals surface area contributed by atoms with Crippen molar-refractivity contribution in [1.82, 2.24) is 15.1 Å². The first-order valence-corrected chi connectivity index (χ1v) is 8.20. The maximum Gasteiger partial charge on any atom is 0.255 e. The van der Waals surface area contributed by atoms with E-state index in [-0.39, 0.29) is 23.9 Å². The van der Waals surface area contributed by atoms with Crippen LogP contribution in [0.1, 0.15) is 29.6 Å². The predicted octanol–water partition coefficient (Wildman–Crippen LogP) is 1.89. The fourth-order valence-corrected chi connectivity index (χ4v) is 3.82. The van der Waals surface area contributed by atoms with Crippen molar-refractivity contribution in [2.45, 2.75) is 31.3 Å². The van der Waals surface area contributed by atoms with Gasteiger partial charge in [-0.25, -0.2) is 0 Å². The fraction of sp³-hybridized carbons (Fsp3) is 0.333. The quantitative estimate of drug-likeness (QED) is 0.847. The number of carbonyl (C=O) groups is 2. The summed E-state index contributed by atoms with van der Waals surface area (Å²) in [6, 6.07) is 11.5. The van der Waals surface area contributed by atoms with Crippen LogP contribution in [0.5, 0.6) is 0 Å². The molecule has 1 aromatic carbocycles. The summed E-state index contributed by atoms with van der Waals surface area (Å²) in [5, 5.41) is 7.52. The van der Waals surface area contributed by atoms with E-state index in [1.54, 1.807) is 6.07 Å². The first-order valence-electron chi connectivity index (χ1n) is 8.20. The molecule has 24 heavy (non-hydrogen) atoms. The molecule has 0 radical (unpaired) electrons. The summed E-state index contributed by atoms with van der Waals surface area (Å²) < 4.78 is 0. The second-order valence-corrected chi connectivity index (χ2v) is 6.19. The van der Waals surface area contributed by atoms with Crippen LogP contribution in [0.3, 0.4) is 0 Å². The number of hydrogen-bond donors (Lipinski definition) is 0. The Morgan fingerprint density at radius 2 is 1.88 bits per heavy atom. The molecule has 2 aliphatic rings. The summed E-state index contributed by atoms with van der Waals surface area (Å²) in [6.07, 6.45) is 5.02. The summed E-state index contributed by atoms with van der Waals surface area (Å²) in [4.78, 5) is 29.0. The number of aromatic nitrogens is 2. The lowest BCUT2D eigenvalue weighted by atomic mass is 9.95. The highest BCUT2D eigenvalue weighted by atomic mass is 16.2. The van der Waals surface area contributed by atoms with Gasteiger partial charge < -0.3 is 9.80 Å². The number of anilines is 1. The van der Waals surface area contributed by atoms with Gasteiger partial charge in [0.1, 0.15) is 0 Å². The van der Waals surface area contributed by atoms with E-state index in [0.29, 0.717) is 18.5 Å². The lowest BCUT2D eigenvalue weighted by Gasteiger charge is -2.39. The summed E-state index contributed by atoms with van der Waals surface area (Å²) in [7, 11) is 0. The van der Waals surface area contributed by atoms with Crippen molar-refractivity contribution < 1.29 is 9.59 Å². The largest absolute Gasteiger partial charge is 0.333 e. The Balaban J connectivity index is 1.61. The van der Waals surface area contributed by atoms with Crippen LogP contribution >= 0.6 is 0 Å². The van der Waals surface area contributed by atoms with Crippen LogP contribution in [0.15, 0.2) is 48.8 Å². The van der Waals surface area contributed by atoms with E-state index >= 15 is 0 Å². The molecule has 2 amide bonds. The van der Waals surface area contributed by atoms with Gasteiger partial charge >= 0.3 is 0 Å². The number of hydrogen-bond acceptors (Lipinski definition) is 4. The minimum Gasteiger partial charge on any atom is -0.333 e. The third-order valence-electron chi connectivity index (χ3n) is 4.89. The second-order valence-electron chi connectivity index (χ2n) is 6.19. The second kappa shape index (κ2) is 6.03. The molecule has 0 spiro atoms. The average Bonchev–Trinajstić information content (AvgIpc) is 3.06. The minimum atomic E-state index is -0.0280. The first-order chi connectivity index (χ1) is 11.8. The summed E-state index contributed by atoms with van der Waals surface area (Å²) >= 11 is 0. The lowest BCUT2D eigenvalue weighted by Crippen LogP contribution is -2.53. The normalized spacial score (nSPS) is 23.2. The Morgan fingerprint density at radius 3 is 2.62 bits per heavy atom. The Kier molecular flexibility index (Phi) is 3.72. The topological polar surface area (TPSA) is 66.4 Å². The highest BCUT2D eigenvalue weighted by Gasteiger charge is 2.45. The third-order valence-corrected chi connectivity index (χ3v) is 4.89. The molecule has 0 bridgehead atoms. The minimum absolute atomic E-state index is 0.0280. The van der Waals surface area contributed by atoms with Crippen molar-refractivity contribution in [3.8, 4) is 0 Å². The Hall–Kier alpha value is -2.76. The van der Waals surface area contributed by atoms with E-state index in [9.17, 15) is 9.59 Å². The lowest BCUT2D eigenvalue weighted by molar-refractivity contribution is -0.120. The monoisotopic (exact) mass is 322 g/mol. The van der Waals surface area contributed by atoms with E-state index in [0.717, 1.165) is 18.5 Å². The Labute approximate surface area is 140 Å². The molecule has 122 valence electrons. The number of carbonyl (C=O) groups excluding carboxylic acids is 2. The molecule has 0 aliphatic carbocycles. The smallest absolute Gasteiger partial charge is 0.255 e. The van der Waals surface area contributed by atoms with E-state index in [1.807, 2.05) is 40.1 Å². The van der Waals surface area contributed by atoms with Gasteiger partial charge in [0.2, 0.25) is 5.91 Å². The number of para-hydroxylation sites is 1. The van der Waals surface area contributed by atoms with E-state index in [1.165, 1.54) is 12.4 Å². The fourth-order valence-electron chi connectivity index (χ4n) is 3.82. The van der Waals surface area contributed by atoms with Crippen molar-refractivity contribution in [2.75, 3.05) is 11.4 Å². The van der Waals surface area contributed by atoms with Gasteiger partial charge in [0.15, 0.2) is 0 Å². The van der Waals surface area contributed by atoms with Crippen LogP contribution in [0, 0.1) is 0 Å². The number of amides is 2. The molecule has 0 N–H and O–H groups in total. The van der Waals surface area contributed by atoms with Crippen LogP contribution in [-0.4, -0.2) is 45.5 Å². The van der Waals surface area contributed by atoms with Crippen molar-refractivity contribution in [2.24, 2.45) is 0 Å². The molecule has 4 rings (SSSR count). The molecule has 2 aromatic rings. The zero-order chi connectivity index (χ0) is 16.5. The molecule has 6 nitrogen and oxygen atoms in total. The number of rotatable bonds is 2. The zero-order valence-electron chi connectivity index (χ0n) is 13.2. The Bertz CT molecular complexity index is 750. The molecule has 0 unspecified atom stereocenters. The summed E-state index contributed by atoms with van der Waals surface area (Å²) in [5.74, 6) is 0.113. The zero-order valence-corrected chi connectivity index (χ0v) is 13.2. The van der Waals surface area contributed by atoms with Gasteiger partial charge in [-0.05, 0) is 31.0 Å². The summed E-state index contributed by atoms with van der Waals surface area (Å²) in [5.41, 5.74) is 1.46. The summed E-state index contributed by atoms with van der Waals surface area (Å²) in [6.45, 7) is 0.660. The highest BCUT2D eigenvalue weighted by molar-refractivity contribution is 5.97. The van der Waals surface area contributed by atoms with E-state index in [2.05, 4.69) is 10.2 Å². The van der Waals surface area contributed by atoms with Gasteiger partial charge in [0.05, 0.1) is 30.0 Å². The number of benzene rings is 1. The van der Waals surface area contributed by atoms with Gasteiger partial charge in [-0.15, -0.1) is 0 Å². The maximum atomic E-state index is 12.8. The number of likely N-dealkylation sites (tertiary alicyclic amines) is 1. The van der Waals surface area contributed by atoms with E-state index in [4.69, 9.17) is 0 Å². The average molecular weight is 322 g/mol. The van der Waals surface area contributed by atoms with Crippen LogP contribution in [0.2, 0.25) is 0 Å². The van der Waals surface area contributed by atoms with Gasteiger partial charge in [0.25, 0.3) is 5.91 Å². The van der Waals surface area contributed by atoms with Crippen LogP contribution in [0.25, 0.3) is 0 Å². The molecule has 3 heterocycles. The SMILES string of the molecule is O=C(c1ccnnc1)N1CC[C@H]2[C@@H]1CCC(=O)N2c1ccccc1. The number of fused-ring (bicyclic) bond motifs is 1. The van der Waals surface area contributed by atoms with Gasteiger partial charge in [-0.2, -0.15) is 10.2 Å². The standard InChI is InChI=1S/C18H18N4O2/c23-17-7-6-15-16(22(17)14-4-2-1-3-5-14)9-11-21(15)18(24)13-8-10-19-20-12-13/h1-5,8,10,12,15-16H,6-7,9,11H2/t15-,16-/m0/s1. The molecular weight excluding hydrogens is 304 g/mol. The molecule has 2 atom stereocenters. The molecular formula is C18H18N4O2. The van der Waals surface area contributed by atoms with Crippen molar-refractivity contribution >= 4 is 17.5 Å². The molecule has 1 aromatic heterocycles. The third kappa shape index (κ3) is 2.44. The molecule has 2 fully saturated rings. The van der Waals surface area contributed by atoms with Gasteiger partial charge in [0, 0.05) is 18.7 Å². The number of nitrogens with zero attached hydrogens (tertiary/aromatic N) is 4. The van der Waals surface area contributed by atoms with Crippen LogP contribution in [-0.2, 0) is 4.79 Å². The highest BCUT2D eigenvalue weighted by Crippen LogP contribution is 2.35. The predicted molar refractivity (Wildman–Crippen MR) is 88.4 cm³/mol. The Morgan fingerprint density at radius 1 is 1.04 bits per heavy atom. The van der Waals surface area contributed by atoms with Crippen molar-refractivity contribution in [3.05, 3.63) is 54.4 Å². The van der Waals surface area contributed by atoms with Gasteiger partial charge in [-0.1, -0.05) is 18.2 Å². The van der Waals surface area contributed by atoms with Gasteiger partial charge in [-0.3, -0.25) is 9.59 Å². The van der Waals surface area contributed by atoms with Crippen molar-refractivity contribution in [3.63, 3.8) is 0 Å². The molecule has 6 heteroatoms.